The standard InChI is InChI=1S/C11H17FO/c12-10-9-2-7-1-8(3-9)5-11(10,4-7)6-13/h7-10,13H,1-6H2/t7-,8?,9?,10+,11?/m0/s1. The second-order valence-corrected chi connectivity index (χ2v) is 5.53. The van der Waals surface area contributed by atoms with E-state index in [0.717, 1.165) is 37.5 Å². The van der Waals surface area contributed by atoms with Gasteiger partial charge in [0, 0.05) is 5.41 Å². The molecule has 0 amide bonds. The van der Waals surface area contributed by atoms with Crippen LogP contribution in [0, 0.1) is 23.2 Å². The molecule has 0 aromatic heterocycles. The molecular formula is C11H17FO. The normalized spacial score (nSPS) is 58.6. The lowest BCUT2D eigenvalue weighted by Gasteiger charge is -2.57. The van der Waals surface area contributed by atoms with Gasteiger partial charge >= 0.3 is 0 Å². The summed E-state index contributed by atoms with van der Waals surface area (Å²) in [6.45, 7) is 0.0810. The highest BCUT2D eigenvalue weighted by molar-refractivity contribution is 5.06. The van der Waals surface area contributed by atoms with E-state index in [1.54, 1.807) is 0 Å². The van der Waals surface area contributed by atoms with Crippen LogP contribution in [0.1, 0.15) is 32.1 Å². The largest absolute Gasteiger partial charge is 0.396 e. The van der Waals surface area contributed by atoms with Crippen molar-refractivity contribution < 1.29 is 9.50 Å². The number of aliphatic hydroxyl groups is 1. The minimum absolute atomic E-state index is 0.0810. The molecule has 0 radical (unpaired) electrons. The van der Waals surface area contributed by atoms with Crippen molar-refractivity contribution in [2.24, 2.45) is 23.2 Å². The van der Waals surface area contributed by atoms with Crippen molar-refractivity contribution in [1.82, 2.24) is 0 Å². The summed E-state index contributed by atoms with van der Waals surface area (Å²) < 4.78 is 14.0. The van der Waals surface area contributed by atoms with Gasteiger partial charge in [-0.25, -0.2) is 4.39 Å². The highest BCUT2D eigenvalue weighted by atomic mass is 19.1. The van der Waals surface area contributed by atoms with Crippen LogP contribution in [0.15, 0.2) is 0 Å². The Kier molecular flexibility index (Phi) is 1.56. The third kappa shape index (κ3) is 0.955. The summed E-state index contributed by atoms with van der Waals surface area (Å²) in [6, 6.07) is 0. The van der Waals surface area contributed by atoms with E-state index in [2.05, 4.69) is 0 Å². The molecule has 4 aliphatic rings. The van der Waals surface area contributed by atoms with E-state index in [9.17, 15) is 9.50 Å². The maximum absolute atomic E-state index is 14.0. The molecule has 0 aliphatic heterocycles. The highest BCUT2D eigenvalue weighted by Gasteiger charge is 2.57. The molecular weight excluding hydrogens is 167 g/mol. The van der Waals surface area contributed by atoms with Gasteiger partial charge < -0.3 is 5.11 Å². The molecule has 4 fully saturated rings. The maximum Gasteiger partial charge on any atom is 0.111 e. The van der Waals surface area contributed by atoms with E-state index >= 15 is 0 Å². The van der Waals surface area contributed by atoms with Crippen LogP contribution in [0.3, 0.4) is 0 Å². The number of halogens is 1. The Bertz CT molecular complexity index is 214. The van der Waals surface area contributed by atoms with Gasteiger partial charge in [-0.15, -0.1) is 0 Å². The van der Waals surface area contributed by atoms with Crippen LogP contribution in [0.5, 0.6) is 0 Å². The molecule has 1 N–H and O–H groups in total. The molecule has 4 aliphatic carbocycles. The minimum Gasteiger partial charge on any atom is -0.396 e. The van der Waals surface area contributed by atoms with Crippen LogP contribution in [0.4, 0.5) is 4.39 Å². The van der Waals surface area contributed by atoms with Crippen LogP contribution in [0.2, 0.25) is 0 Å². The Morgan fingerprint density at radius 3 is 2.31 bits per heavy atom. The Balaban J connectivity index is 1.95. The Morgan fingerprint density at radius 1 is 1.15 bits per heavy atom. The maximum atomic E-state index is 14.0. The first kappa shape index (κ1) is 8.22. The van der Waals surface area contributed by atoms with Crippen molar-refractivity contribution in [3.8, 4) is 0 Å². The second kappa shape index (κ2) is 2.47. The summed E-state index contributed by atoms with van der Waals surface area (Å²) in [6.07, 6.45) is 4.71. The third-order valence-electron chi connectivity index (χ3n) is 4.64. The van der Waals surface area contributed by atoms with Crippen LogP contribution < -0.4 is 0 Å². The minimum atomic E-state index is -0.703. The van der Waals surface area contributed by atoms with Gasteiger partial charge in [-0.05, 0) is 49.9 Å². The van der Waals surface area contributed by atoms with Gasteiger partial charge in [0.05, 0.1) is 6.61 Å². The van der Waals surface area contributed by atoms with E-state index in [1.807, 2.05) is 0 Å². The molecule has 0 aromatic rings. The number of aliphatic hydroxyl groups excluding tert-OH is 1. The first-order valence-electron chi connectivity index (χ1n) is 5.48. The molecule has 0 aromatic carbocycles. The van der Waals surface area contributed by atoms with Gasteiger partial charge in [0.2, 0.25) is 0 Å². The van der Waals surface area contributed by atoms with Gasteiger partial charge in [0.15, 0.2) is 0 Å². The van der Waals surface area contributed by atoms with Crippen LogP contribution in [0.25, 0.3) is 0 Å². The lowest BCUT2D eigenvalue weighted by Crippen LogP contribution is -2.55. The van der Waals surface area contributed by atoms with Gasteiger partial charge in [0.1, 0.15) is 6.17 Å². The fourth-order valence-electron chi connectivity index (χ4n) is 4.36. The molecule has 5 atom stereocenters. The first-order chi connectivity index (χ1) is 6.23. The first-order valence-corrected chi connectivity index (χ1v) is 5.48. The molecule has 13 heavy (non-hydrogen) atoms. The van der Waals surface area contributed by atoms with Gasteiger partial charge in [-0.2, -0.15) is 0 Å². The van der Waals surface area contributed by atoms with Crippen LogP contribution in [-0.2, 0) is 0 Å². The summed E-state index contributed by atoms with van der Waals surface area (Å²) >= 11 is 0. The number of rotatable bonds is 1. The zero-order valence-corrected chi connectivity index (χ0v) is 7.88. The Labute approximate surface area is 78.3 Å². The lowest BCUT2D eigenvalue weighted by atomic mass is 9.49. The van der Waals surface area contributed by atoms with Crippen molar-refractivity contribution in [2.75, 3.05) is 6.61 Å². The molecule has 0 spiro atoms. The van der Waals surface area contributed by atoms with E-state index in [0.29, 0.717) is 5.92 Å². The summed E-state index contributed by atoms with van der Waals surface area (Å²) in [5, 5.41) is 9.36. The molecule has 4 bridgehead atoms. The SMILES string of the molecule is OCC12CC3CC(C[C@H](C3)C1)[C@H]2F. The topological polar surface area (TPSA) is 20.2 Å². The predicted octanol–water partition coefficient (Wildman–Crippen LogP) is 2.14. The Morgan fingerprint density at radius 2 is 1.77 bits per heavy atom. The monoisotopic (exact) mass is 184 g/mol. The molecule has 4 rings (SSSR count). The Hall–Kier alpha value is -0.110. The number of hydrogen-bond acceptors (Lipinski definition) is 1. The smallest absolute Gasteiger partial charge is 0.111 e. The summed E-state index contributed by atoms with van der Waals surface area (Å²) in [4.78, 5) is 0. The quantitative estimate of drug-likeness (QED) is 0.662. The van der Waals surface area contributed by atoms with Crippen LogP contribution >= 0.6 is 0 Å². The molecule has 74 valence electrons. The fourth-order valence-corrected chi connectivity index (χ4v) is 4.36. The van der Waals surface area contributed by atoms with Crippen molar-refractivity contribution >= 4 is 0 Å². The summed E-state index contributed by atoms with van der Waals surface area (Å²) in [5.74, 6) is 1.76. The van der Waals surface area contributed by atoms with E-state index < -0.39 is 6.17 Å². The highest BCUT2D eigenvalue weighted by Crippen LogP contribution is 2.60. The molecule has 2 heteroatoms. The summed E-state index contributed by atoms with van der Waals surface area (Å²) in [5.41, 5.74) is -0.311. The van der Waals surface area contributed by atoms with Crippen molar-refractivity contribution in [2.45, 2.75) is 38.3 Å². The van der Waals surface area contributed by atoms with E-state index in [1.165, 1.54) is 6.42 Å². The number of hydrogen-bond donors (Lipinski definition) is 1. The van der Waals surface area contributed by atoms with Crippen molar-refractivity contribution in [3.05, 3.63) is 0 Å². The number of alkyl halides is 1. The molecule has 4 saturated carbocycles. The molecule has 0 saturated heterocycles. The van der Waals surface area contributed by atoms with Gasteiger partial charge in [-0.3, -0.25) is 0 Å². The van der Waals surface area contributed by atoms with E-state index in [4.69, 9.17) is 0 Å². The summed E-state index contributed by atoms with van der Waals surface area (Å²) in [7, 11) is 0. The van der Waals surface area contributed by atoms with Crippen molar-refractivity contribution in [3.63, 3.8) is 0 Å². The average Bonchev–Trinajstić information content (AvgIpc) is 2.12. The van der Waals surface area contributed by atoms with Crippen LogP contribution in [-0.4, -0.2) is 17.9 Å². The molecule has 3 unspecified atom stereocenters. The van der Waals surface area contributed by atoms with Gasteiger partial charge in [-0.1, -0.05) is 0 Å². The second-order valence-electron chi connectivity index (χ2n) is 5.53. The predicted molar refractivity (Wildman–Crippen MR) is 48.0 cm³/mol. The molecule has 1 nitrogen and oxygen atoms in total. The van der Waals surface area contributed by atoms with E-state index in [-0.39, 0.29) is 12.0 Å². The zero-order valence-electron chi connectivity index (χ0n) is 7.88. The van der Waals surface area contributed by atoms with Gasteiger partial charge in [0.25, 0.3) is 0 Å². The fraction of sp³-hybridized carbons (Fsp3) is 1.00. The lowest BCUT2D eigenvalue weighted by molar-refractivity contribution is -0.140. The van der Waals surface area contributed by atoms with Crippen molar-refractivity contribution in [1.29, 1.82) is 0 Å². The molecule has 0 heterocycles. The third-order valence-corrected chi connectivity index (χ3v) is 4.64. The average molecular weight is 184 g/mol. The zero-order chi connectivity index (χ0) is 9.05.